The number of aromatic nitrogens is 1. The van der Waals surface area contributed by atoms with Crippen molar-refractivity contribution in [2.24, 2.45) is 5.41 Å². The number of nitrogens with one attached hydrogen (secondary N) is 2. The second-order valence-electron chi connectivity index (χ2n) is 11.0. The minimum atomic E-state index is -0.737. The molecule has 1 aliphatic heterocycles. The van der Waals surface area contributed by atoms with Gasteiger partial charge in [-0.3, -0.25) is 9.78 Å². The van der Waals surface area contributed by atoms with E-state index in [0.717, 1.165) is 35.4 Å². The highest BCUT2D eigenvalue weighted by molar-refractivity contribution is 5.73. The van der Waals surface area contributed by atoms with Crippen LogP contribution in [0.1, 0.15) is 70.8 Å². The van der Waals surface area contributed by atoms with E-state index in [1.165, 1.54) is 6.92 Å². The van der Waals surface area contributed by atoms with Gasteiger partial charge in [-0.05, 0) is 43.7 Å². The summed E-state index contributed by atoms with van der Waals surface area (Å²) in [4.78, 5) is 16.4. The molecule has 2 aromatic rings. The van der Waals surface area contributed by atoms with Crippen LogP contribution in [-0.4, -0.2) is 40.3 Å². The average molecular weight is 454 g/mol. The first-order valence-corrected chi connectivity index (χ1v) is 11.8. The van der Waals surface area contributed by atoms with Crippen molar-refractivity contribution < 1.29 is 14.6 Å². The number of aliphatic hydroxyl groups excluding tert-OH is 1. The Morgan fingerprint density at radius 1 is 1.27 bits per heavy atom. The average Bonchev–Trinajstić information content (AvgIpc) is 2.70. The Bertz CT molecular complexity index is 937. The molecule has 0 spiro atoms. The summed E-state index contributed by atoms with van der Waals surface area (Å²) in [6, 6.07) is 11.7. The van der Waals surface area contributed by atoms with Crippen molar-refractivity contribution in [1.29, 1.82) is 0 Å². The Balaban J connectivity index is 1.75. The maximum absolute atomic E-state index is 11.8. The summed E-state index contributed by atoms with van der Waals surface area (Å²) in [6.07, 6.45) is 3.31. The lowest BCUT2D eigenvalue weighted by Gasteiger charge is -2.38. The highest BCUT2D eigenvalue weighted by Crippen LogP contribution is 2.39. The van der Waals surface area contributed by atoms with Gasteiger partial charge in [0.05, 0.1) is 18.3 Å². The van der Waals surface area contributed by atoms with Crippen LogP contribution in [0.5, 0.6) is 5.75 Å². The fourth-order valence-electron chi connectivity index (χ4n) is 4.44. The molecule has 0 saturated carbocycles. The summed E-state index contributed by atoms with van der Waals surface area (Å²) < 4.78 is 6.20. The number of carbonyl (C=O) groups excluding carboxylic acids is 1. The summed E-state index contributed by atoms with van der Waals surface area (Å²) >= 11 is 0. The van der Waals surface area contributed by atoms with E-state index < -0.39 is 6.10 Å². The van der Waals surface area contributed by atoms with Gasteiger partial charge >= 0.3 is 0 Å². The van der Waals surface area contributed by atoms with E-state index in [1.807, 2.05) is 36.5 Å². The third-order valence-electron chi connectivity index (χ3n) is 5.85. The Morgan fingerprint density at radius 2 is 1.97 bits per heavy atom. The number of benzene rings is 1. The van der Waals surface area contributed by atoms with Crippen molar-refractivity contribution in [1.82, 2.24) is 15.6 Å². The van der Waals surface area contributed by atoms with Crippen molar-refractivity contribution in [3.8, 4) is 5.75 Å². The van der Waals surface area contributed by atoms with Gasteiger partial charge in [0, 0.05) is 37.2 Å². The molecule has 33 heavy (non-hydrogen) atoms. The Morgan fingerprint density at radius 3 is 2.61 bits per heavy atom. The second-order valence-corrected chi connectivity index (χ2v) is 11.0. The van der Waals surface area contributed by atoms with E-state index in [0.29, 0.717) is 13.0 Å². The van der Waals surface area contributed by atoms with Crippen LogP contribution in [0.3, 0.4) is 0 Å². The first kappa shape index (κ1) is 25.2. The molecule has 0 aliphatic carbocycles. The zero-order valence-corrected chi connectivity index (χ0v) is 20.8. The van der Waals surface area contributed by atoms with Gasteiger partial charge < -0.3 is 20.5 Å². The number of pyridine rings is 1. The number of hydrogen-bond donors (Lipinski definition) is 3. The van der Waals surface area contributed by atoms with Crippen LogP contribution in [0.25, 0.3) is 0 Å². The number of amides is 1. The molecule has 1 aromatic carbocycles. The third-order valence-corrected chi connectivity index (χ3v) is 5.85. The van der Waals surface area contributed by atoms with Gasteiger partial charge in [0.1, 0.15) is 11.4 Å². The topological polar surface area (TPSA) is 83.5 Å². The predicted molar refractivity (Wildman–Crippen MR) is 131 cm³/mol. The minimum absolute atomic E-state index is 0.0230. The number of rotatable bonds is 8. The highest BCUT2D eigenvalue weighted by Gasteiger charge is 2.35. The molecular formula is C27H39N3O3. The van der Waals surface area contributed by atoms with Gasteiger partial charge in [0.25, 0.3) is 0 Å². The molecule has 180 valence electrons. The minimum Gasteiger partial charge on any atom is -0.486 e. The van der Waals surface area contributed by atoms with E-state index in [-0.39, 0.29) is 29.0 Å². The Kier molecular flexibility index (Phi) is 7.80. The van der Waals surface area contributed by atoms with Crippen LogP contribution < -0.4 is 15.4 Å². The molecule has 2 heterocycles. The number of fused-ring (bicyclic) bond motifs is 1. The molecule has 0 unspecified atom stereocenters. The maximum Gasteiger partial charge on any atom is 0.217 e. The summed E-state index contributed by atoms with van der Waals surface area (Å²) in [5.41, 5.74) is 2.99. The van der Waals surface area contributed by atoms with Crippen LogP contribution in [0.2, 0.25) is 0 Å². The fraction of sp³-hybridized carbons (Fsp3) is 0.556. The van der Waals surface area contributed by atoms with Gasteiger partial charge in [0.15, 0.2) is 0 Å². The van der Waals surface area contributed by atoms with Crippen molar-refractivity contribution in [3.05, 3.63) is 59.4 Å². The summed E-state index contributed by atoms with van der Waals surface area (Å²) in [6.45, 7) is 12.6. The lowest BCUT2D eigenvalue weighted by atomic mass is 9.87. The SMILES string of the molecule is CC(=O)N[C@@H](Cc1ccccc1)[C@@H](O)CN[C@H]1CC(C)(C)Oc2cnc(CC(C)(C)C)cc21. The van der Waals surface area contributed by atoms with Gasteiger partial charge in [0.2, 0.25) is 5.91 Å². The standard InChI is InChI=1S/C27H39N3O3/c1-18(31)30-22(12-19-10-8-7-9-11-19)24(32)16-29-23-15-27(5,6)33-25-17-28-20(13-21(23)25)14-26(2,3)4/h7-11,13,17,22-24,29,32H,12,14-16H2,1-6H3,(H,30,31)/t22-,23-,24-/m0/s1. The lowest BCUT2D eigenvalue weighted by molar-refractivity contribution is -0.120. The van der Waals surface area contributed by atoms with E-state index in [2.05, 4.69) is 56.3 Å². The quantitative estimate of drug-likeness (QED) is 0.563. The molecule has 0 bridgehead atoms. The summed E-state index contributed by atoms with van der Waals surface area (Å²) in [7, 11) is 0. The zero-order chi connectivity index (χ0) is 24.2. The van der Waals surface area contributed by atoms with Crippen LogP contribution in [-0.2, 0) is 17.6 Å². The molecule has 1 amide bonds. The van der Waals surface area contributed by atoms with Crippen LogP contribution >= 0.6 is 0 Å². The molecule has 3 N–H and O–H groups in total. The lowest BCUT2D eigenvalue weighted by Crippen LogP contribution is -2.49. The van der Waals surface area contributed by atoms with Gasteiger partial charge in [-0.1, -0.05) is 51.1 Å². The zero-order valence-electron chi connectivity index (χ0n) is 20.8. The van der Waals surface area contributed by atoms with Crippen molar-refractivity contribution in [2.45, 2.75) is 84.6 Å². The number of carbonyl (C=O) groups is 1. The summed E-state index contributed by atoms with van der Waals surface area (Å²) in [5, 5.41) is 17.5. The number of hydrogen-bond acceptors (Lipinski definition) is 5. The molecule has 0 radical (unpaired) electrons. The molecule has 0 fully saturated rings. The van der Waals surface area contributed by atoms with Crippen molar-refractivity contribution >= 4 is 5.91 Å². The molecule has 3 rings (SSSR count). The molecule has 0 saturated heterocycles. The van der Waals surface area contributed by atoms with Gasteiger partial charge in [-0.25, -0.2) is 0 Å². The smallest absolute Gasteiger partial charge is 0.217 e. The summed E-state index contributed by atoms with van der Waals surface area (Å²) in [5.74, 6) is 0.643. The van der Waals surface area contributed by atoms with Crippen molar-refractivity contribution in [3.63, 3.8) is 0 Å². The highest BCUT2D eigenvalue weighted by atomic mass is 16.5. The first-order valence-electron chi connectivity index (χ1n) is 11.8. The monoisotopic (exact) mass is 453 g/mol. The van der Waals surface area contributed by atoms with E-state index in [1.54, 1.807) is 0 Å². The van der Waals surface area contributed by atoms with E-state index in [9.17, 15) is 9.90 Å². The van der Waals surface area contributed by atoms with E-state index >= 15 is 0 Å². The fourth-order valence-corrected chi connectivity index (χ4v) is 4.44. The van der Waals surface area contributed by atoms with Crippen molar-refractivity contribution in [2.75, 3.05) is 6.54 Å². The molecule has 3 atom stereocenters. The molecule has 6 heteroatoms. The first-order chi connectivity index (χ1) is 15.4. The number of ether oxygens (including phenoxy) is 1. The molecule has 1 aromatic heterocycles. The molecular weight excluding hydrogens is 414 g/mol. The second kappa shape index (κ2) is 10.2. The largest absolute Gasteiger partial charge is 0.486 e. The van der Waals surface area contributed by atoms with Crippen LogP contribution in [0.15, 0.2) is 42.6 Å². The molecule has 1 aliphatic rings. The predicted octanol–water partition coefficient (Wildman–Crippen LogP) is 3.97. The Hall–Kier alpha value is -2.44. The molecule has 6 nitrogen and oxygen atoms in total. The normalized spacial score (nSPS) is 19.2. The van der Waals surface area contributed by atoms with Crippen LogP contribution in [0.4, 0.5) is 0 Å². The van der Waals surface area contributed by atoms with E-state index in [4.69, 9.17) is 4.74 Å². The van der Waals surface area contributed by atoms with Crippen LogP contribution in [0, 0.1) is 5.41 Å². The number of nitrogens with zero attached hydrogens (tertiary/aromatic N) is 1. The van der Waals surface area contributed by atoms with Gasteiger partial charge in [-0.2, -0.15) is 0 Å². The number of aliphatic hydroxyl groups is 1. The van der Waals surface area contributed by atoms with Gasteiger partial charge in [-0.15, -0.1) is 0 Å². The Labute approximate surface area is 198 Å². The third kappa shape index (κ3) is 7.54. The maximum atomic E-state index is 11.8.